The van der Waals surface area contributed by atoms with Crippen LogP contribution in [0.1, 0.15) is 24.2 Å². The maximum atomic E-state index is 5.92. The third-order valence-electron chi connectivity index (χ3n) is 3.28. The number of hydrogen-bond donors (Lipinski definition) is 0. The quantitative estimate of drug-likeness (QED) is 0.762. The predicted molar refractivity (Wildman–Crippen MR) is 82.1 cm³/mol. The molecular weight excluding hydrogens is 279 g/mol. The van der Waals surface area contributed by atoms with E-state index in [1.807, 2.05) is 36.4 Å². The number of rotatable bonds is 4. The molecule has 2 aromatic rings. The molecule has 0 amide bonds. The van der Waals surface area contributed by atoms with E-state index in [1.165, 1.54) is 5.56 Å². The van der Waals surface area contributed by atoms with Gasteiger partial charge in [0.15, 0.2) is 0 Å². The van der Waals surface area contributed by atoms with Crippen molar-refractivity contribution in [1.29, 1.82) is 0 Å². The first kappa shape index (κ1) is 14.2. The normalized spacial score (nSPS) is 12.2. The van der Waals surface area contributed by atoms with Crippen molar-refractivity contribution in [2.24, 2.45) is 0 Å². The Balaban J connectivity index is 2.22. The summed E-state index contributed by atoms with van der Waals surface area (Å²) in [5.74, 6) is 0.428. The van der Waals surface area contributed by atoms with Crippen LogP contribution in [0, 0.1) is 0 Å². The monoisotopic (exact) mass is 294 g/mol. The summed E-state index contributed by atoms with van der Waals surface area (Å²) in [6.45, 7) is 2.16. The summed E-state index contributed by atoms with van der Waals surface area (Å²) >= 11 is 11.7. The Labute approximate surface area is 124 Å². The Bertz CT molecular complexity index is 540. The van der Waals surface area contributed by atoms with Crippen LogP contribution in [0.25, 0.3) is 0 Å². The van der Waals surface area contributed by atoms with Crippen LogP contribution < -0.4 is 4.90 Å². The molecule has 1 heterocycles. The van der Waals surface area contributed by atoms with E-state index in [9.17, 15) is 0 Å². The zero-order valence-electron chi connectivity index (χ0n) is 11.0. The van der Waals surface area contributed by atoms with E-state index in [1.54, 1.807) is 6.20 Å². The van der Waals surface area contributed by atoms with Crippen molar-refractivity contribution in [2.75, 3.05) is 11.9 Å². The van der Waals surface area contributed by atoms with Gasteiger partial charge >= 0.3 is 0 Å². The van der Waals surface area contributed by atoms with Gasteiger partial charge in [-0.2, -0.15) is 0 Å². The lowest BCUT2D eigenvalue weighted by atomic mass is 10.1. The van der Waals surface area contributed by atoms with Crippen molar-refractivity contribution in [3.63, 3.8) is 0 Å². The van der Waals surface area contributed by atoms with Crippen LogP contribution in [0.5, 0.6) is 0 Å². The smallest absolute Gasteiger partial charge is 0.0648 e. The first-order valence-corrected chi connectivity index (χ1v) is 7.02. The Morgan fingerprint density at radius 1 is 1.21 bits per heavy atom. The van der Waals surface area contributed by atoms with E-state index < -0.39 is 0 Å². The maximum Gasteiger partial charge on any atom is 0.0648 e. The number of aromatic nitrogens is 1. The topological polar surface area (TPSA) is 16.1 Å². The first-order chi connectivity index (χ1) is 9.11. The summed E-state index contributed by atoms with van der Waals surface area (Å²) in [7, 11) is 2.06. The number of hydrogen-bond acceptors (Lipinski definition) is 2. The molecule has 0 fully saturated rings. The molecule has 1 aromatic carbocycles. The van der Waals surface area contributed by atoms with Crippen molar-refractivity contribution in [3.05, 3.63) is 58.9 Å². The van der Waals surface area contributed by atoms with Crippen LogP contribution in [0.4, 0.5) is 5.69 Å². The summed E-state index contributed by atoms with van der Waals surface area (Å²) in [5.41, 5.74) is 3.21. The maximum absolute atomic E-state index is 5.92. The number of anilines is 1. The molecule has 0 N–H and O–H groups in total. The second-order valence-electron chi connectivity index (χ2n) is 4.48. The molecule has 0 aliphatic carbocycles. The molecule has 1 aromatic heterocycles. The summed E-state index contributed by atoms with van der Waals surface area (Å²) in [5, 5.41) is 0.756. The lowest BCUT2D eigenvalue weighted by Crippen LogP contribution is -2.21. The Kier molecular flexibility index (Phi) is 4.67. The molecule has 1 unspecified atom stereocenters. The van der Waals surface area contributed by atoms with Gasteiger partial charge in [0.1, 0.15) is 0 Å². The van der Waals surface area contributed by atoms with Gasteiger partial charge in [-0.05, 0) is 36.8 Å². The SMILES string of the molecule is CC(c1ccc(Cl)cc1)N(C)c1ccnc(CCl)c1. The van der Waals surface area contributed by atoms with Crippen LogP contribution >= 0.6 is 23.2 Å². The van der Waals surface area contributed by atoms with Crippen LogP contribution in [-0.2, 0) is 5.88 Å². The molecule has 0 saturated carbocycles. The lowest BCUT2D eigenvalue weighted by molar-refractivity contribution is 0.738. The molecule has 0 bridgehead atoms. The van der Waals surface area contributed by atoms with E-state index >= 15 is 0 Å². The highest BCUT2D eigenvalue weighted by atomic mass is 35.5. The van der Waals surface area contributed by atoms with Gasteiger partial charge in [-0.3, -0.25) is 4.98 Å². The molecule has 100 valence electrons. The van der Waals surface area contributed by atoms with Gasteiger partial charge in [-0.15, -0.1) is 11.6 Å². The molecule has 0 spiro atoms. The van der Waals surface area contributed by atoms with Gasteiger partial charge in [0.25, 0.3) is 0 Å². The average molecular weight is 295 g/mol. The Morgan fingerprint density at radius 3 is 2.53 bits per heavy atom. The van der Waals surface area contributed by atoms with Crippen molar-refractivity contribution in [3.8, 4) is 0 Å². The van der Waals surface area contributed by atoms with Gasteiger partial charge < -0.3 is 4.90 Å². The van der Waals surface area contributed by atoms with E-state index in [-0.39, 0.29) is 6.04 Å². The molecule has 1 atom stereocenters. The third-order valence-corrected chi connectivity index (χ3v) is 3.80. The molecule has 2 nitrogen and oxygen atoms in total. The molecule has 0 aliphatic heterocycles. The summed E-state index contributed by atoms with van der Waals surface area (Å²) in [6, 6.07) is 12.2. The van der Waals surface area contributed by atoms with Crippen molar-refractivity contribution in [1.82, 2.24) is 4.98 Å². The van der Waals surface area contributed by atoms with E-state index in [0.29, 0.717) is 5.88 Å². The molecule has 0 aliphatic rings. The van der Waals surface area contributed by atoms with Gasteiger partial charge in [0.2, 0.25) is 0 Å². The highest BCUT2D eigenvalue weighted by Crippen LogP contribution is 2.26. The number of pyridine rings is 1. The number of benzene rings is 1. The Hall–Kier alpha value is -1.25. The predicted octanol–water partition coefficient (Wildman–Crippen LogP) is 4.67. The lowest BCUT2D eigenvalue weighted by Gasteiger charge is -2.27. The fourth-order valence-corrected chi connectivity index (χ4v) is 2.22. The van der Waals surface area contributed by atoms with Gasteiger partial charge in [0, 0.05) is 24.0 Å². The largest absolute Gasteiger partial charge is 0.368 e. The van der Waals surface area contributed by atoms with E-state index in [2.05, 4.69) is 23.9 Å². The van der Waals surface area contributed by atoms with E-state index in [4.69, 9.17) is 23.2 Å². The van der Waals surface area contributed by atoms with Gasteiger partial charge in [0.05, 0.1) is 17.6 Å². The fraction of sp³-hybridized carbons (Fsp3) is 0.267. The zero-order chi connectivity index (χ0) is 13.8. The molecule has 4 heteroatoms. The summed E-state index contributed by atoms with van der Waals surface area (Å²) < 4.78 is 0. The van der Waals surface area contributed by atoms with Crippen LogP contribution in [-0.4, -0.2) is 12.0 Å². The minimum absolute atomic E-state index is 0.253. The highest BCUT2D eigenvalue weighted by molar-refractivity contribution is 6.30. The van der Waals surface area contributed by atoms with Gasteiger partial charge in [-0.25, -0.2) is 0 Å². The van der Waals surface area contributed by atoms with Crippen molar-refractivity contribution in [2.45, 2.75) is 18.8 Å². The molecule has 19 heavy (non-hydrogen) atoms. The Morgan fingerprint density at radius 2 is 1.89 bits per heavy atom. The van der Waals surface area contributed by atoms with Crippen LogP contribution in [0.15, 0.2) is 42.6 Å². The van der Waals surface area contributed by atoms with Crippen molar-refractivity contribution >= 4 is 28.9 Å². The van der Waals surface area contributed by atoms with Crippen LogP contribution in [0.2, 0.25) is 5.02 Å². The second-order valence-corrected chi connectivity index (χ2v) is 5.18. The van der Waals surface area contributed by atoms with E-state index in [0.717, 1.165) is 16.4 Å². The standard InChI is InChI=1S/C15H16Cl2N2/c1-11(12-3-5-13(17)6-4-12)19(2)15-7-8-18-14(9-15)10-16/h3-9,11H,10H2,1-2H3. The summed E-state index contributed by atoms with van der Waals surface area (Å²) in [6.07, 6.45) is 1.79. The second kappa shape index (κ2) is 6.27. The van der Waals surface area contributed by atoms with Gasteiger partial charge in [-0.1, -0.05) is 23.7 Å². The minimum atomic E-state index is 0.253. The number of nitrogens with zero attached hydrogens (tertiary/aromatic N) is 2. The zero-order valence-corrected chi connectivity index (χ0v) is 12.5. The average Bonchev–Trinajstić information content (AvgIpc) is 2.46. The summed E-state index contributed by atoms with van der Waals surface area (Å²) in [4.78, 5) is 6.40. The van der Waals surface area contributed by atoms with Crippen molar-refractivity contribution < 1.29 is 0 Å². The molecule has 0 saturated heterocycles. The number of halogens is 2. The first-order valence-electron chi connectivity index (χ1n) is 6.11. The fourth-order valence-electron chi connectivity index (χ4n) is 1.95. The van der Waals surface area contributed by atoms with Crippen LogP contribution in [0.3, 0.4) is 0 Å². The highest BCUT2D eigenvalue weighted by Gasteiger charge is 2.12. The minimum Gasteiger partial charge on any atom is -0.368 e. The molecule has 2 rings (SSSR count). The third kappa shape index (κ3) is 3.40. The number of alkyl halides is 1. The molecular formula is C15H16Cl2N2. The molecule has 0 radical (unpaired) electrons.